The molecule has 0 radical (unpaired) electrons. The summed E-state index contributed by atoms with van der Waals surface area (Å²) in [6, 6.07) is 6.70. The summed E-state index contributed by atoms with van der Waals surface area (Å²) in [5.41, 5.74) is 0.850. The highest BCUT2D eigenvalue weighted by Gasteiger charge is 2.19. The lowest BCUT2D eigenvalue weighted by atomic mass is 10.2. The minimum absolute atomic E-state index is 0.0898. The van der Waals surface area contributed by atoms with Crippen LogP contribution in [0.25, 0.3) is 16.7 Å². The number of unbranched alkanes of at least 4 members (excludes halogenated alkanes) is 1. The second kappa shape index (κ2) is 8.81. The summed E-state index contributed by atoms with van der Waals surface area (Å²) < 4.78 is 8.28. The van der Waals surface area contributed by atoms with Gasteiger partial charge in [-0.1, -0.05) is 26.3 Å². The number of pyridine rings is 2. The fraction of sp³-hybridized carbons (Fsp3) is 0.381. The van der Waals surface area contributed by atoms with Crippen LogP contribution in [-0.2, 0) is 16.1 Å². The second-order valence-corrected chi connectivity index (χ2v) is 6.55. The number of aryl methyl sites for hydroxylation is 1. The van der Waals surface area contributed by atoms with Crippen molar-refractivity contribution >= 4 is 28.6 Å². The SMILES string of the molecule is CCCCn1c(=NC(=O)CC)c(C(=O)OCC)cc2c(=O)n3ccccc3nc21. The van der Waals surface area contributed by atoms with Gasteiger partial charge in [-0.2, -0.15) is 4.99 Å². The molecule has 3 rings (SSSR count). The Balaban J connectivity index is 2.51. The molecule has 0 bridgehead atoms. The number of hydrogen-bond donors (Lipinski definition) is 0. The Morgan fingerprint density at radius 3 is 2.69 bits per heavy atom. The molecule has 0 spiro atoms. The zero-order chi connectivity index (χ0) is 21.0. The summed E-state index contributed by atoms with van der Waals surface area (Å²) in [5.74, 6) is -0.988. The number of nitrogens with zero attached hydrogens (tertiary/aromatic N) is 4. The van der Waals surface area contributed by atoms with Crippen LogP contribution < -0.4 is 11.0 Å². The van der Waals surface area contributed by atoms with Gasteiger partial charge in [0.05, 0.1) is 12.0 Å². The zero-order valence-corrected chi connectivity index (χ0v) is 16.8. The minimum Gasteiger partial charge on any atom is -0.462 e. The fourth-order valence-electron chi connectivity index (χ4n) is 3.08. The lowest BCUT2D eigenvalue weighted by Gasteiger charge is -2.14. The number of amides is 1. The van der Waals surface area contributed by atoms with Gasteiger partial charge in [-0.15, -0.1) is 0 Å². The van der Waals surface area contributed by atoms with Gasteiger partial charge in [0.2, 0.25) is 5.91 Å². The van der Waals surface area contributed by atoms with Gasteiger partial charge < -0.3 is 9.30 Å². The van der Waals surface area contributed by atoms with Crippen LogP contribution in [0.5, 0.6) is 0 Å². The third-order valence-corrected chi connectivity index (χ3v) is 4.55. The predicted molar refractivity (Wildman–Crippen MR) is 109 cm³/mol. The molecule has 0 unspecified atom stereocenters. The van der Waals surface area contributed by atoms with Gasteiger partial charge in [-0.05, 0) is 31.5 Å². The summed E-state index contributed by atoms with van der Waals surface area (Å²) in [5, 5.41) is 0.274. The Morgan fingerprint density at radius 1 is 1.21 bits per heavy atom. The maximum absolute atomic E-state index is 13.1. The first-order valence-corrected chi connectivity index (χ1v) is 9.81. The van der Waals surface area contributed by atoms with Gasteiger partial charge in [-0.25, -0.2) is 9.78 Å². The van der Waals surface area contributed by atoms with E-state index < -0.39 is 5.97 Å². The molecule has 0 N–H and O–H groups in total. The van der Waals surface area contributed by atoms with E-state index in [1.54, 1.807) is 42.8 Å². The third kappa shape index (κ3) is 3.96. The topological polar surface area (TPSA) is 95.0 Å². The Hall–Kier alpha value is -3.29. The van der Waals surface area contributed by atoms with Gasteiger partial charge in [0.25, 0.3) is 5.56 Å². The largest absolute Gasteiger partial charge is 0.462 e. The predicted octanol–water partition coefficient (Wildman–Crippen LogP) is 2.46. The average Bonchev–Trinajstić information content (AvgIpc) is 2.73. The molecule has 1 amide bonds. The van der Waals surface area contributed by atoms with Crippen molar-refractivity contribution in [3.05, 3.63) is 51.9 Å². The lowest BCUT2D eigenvalue weighted by molar-refractivity contribution is -0.117. The molecule has 3 aromatic heterocycles. The summed E-state index contributed by atoms with van der Waals surface area (Å²) in [7, 11) is 0. The van der Waals surface area contributed by atoms with E-state index in [0.717, 1.165) is 12.8 Å². The van der Waals surface area contributed by atoms with E-state index in [1.165, 1.54) is 10.5 Å². The van der Waals surface area contributed by atoms with Crippen LogP contribution in [0, 0.1) is 0 Å². The van der Waals surface area contributed by atoms with Crippen LogP contribution in [0.4, 0.5) is 0 Å². The van der Waals surface area contributed by atoms with Crippen molar-refractivity contribution in [2.45, 2.75) is 46.6 Å². The fourth-order valence-corrected chi connectivity index (χ4v) is 3.08. The van der Waals surface area contributed by atoms with Crippen molar-refractivity contribution < 1.29 is 14.3 Å². The van der Waals surface area contributed by atoms with Gasteiger partial charge in [0.1, 0.15) is 16.9 Å². The summed E-state index contributed by atoms with van der Waals surface area (Å²) in [4.78, 5) is 46.7. The van der Waals surface area contributed by atoms with Crippen molar-refractivity contribution in [3.63, 3.8) is 0 Å². The van der Waals surface area contributed by atoms with Crippen molar-refractivity contribution in [3.8, 4) is 0 Å². The van der Waals surface area contributed by atoms with Gasteiger partial charge in [-0.3, -0.25) is 14.0 Å². The highest BCUT2D eigenvalue weighted by molar-refractivity contribution is 5.93. The van der Waals surface area contributed by atoms with Gasteiger partial charge in [0.15, 0.2) is 5.49 Å². The molecule has 3 aromatic rings. The molecule has 152 valence electrons. The molecule has 0 atom stereocenters. The number of rotatable bonds is 6. The van der Waals surface area contributed by atoms with E-state index in [-0.39, 0.29) is 40.9 Å². The van der Waals surface area contributed by atoms with Crippen LogP contribution in [0.1, 0.15) is 50.4 Å². The molecular weight excluding hydrogens is 372 g/mol. The number of aromatic nitrogens is 3. The van der Waals surface area contributed by atoms with E-state index in [9.17, 15) is 14.4 Å². The summed E-state index contributed by atoms with van der Waals surface area (Å²) in [6.45, 7) is 6.06. The number of ether oxygens (including phenoxy) is 1. The number of carbonyl (C=O) groups excluding carboxylic acids is 2. The van der Waals surface area contributed by atoms with Crippen molar-refractivity contribution in [1.82, 2.24) is 14.0 Å². The van der Waals surface area contributed by atoms with E-state index >= 15 is 0 Å². The lowest BCUT2D eigenvalue weighted by Crippen LogP contribution is -2.32. The molecule has 0 saturated carbocycles. The van der Waals surface area contributed by atoms with Gasteiger partial charge >= 0.3 is 5.97 Å². The minimum atomic E-state index is -0.625. The molecule has 0 aliphatic heterocycles. The van der Waals surface area contributed by atoms with Crippen LogP contribution in [-0.4, -0.2) is 32.4 Å². The van der Waals surface area contributed by atoms with Crippen LogP contribution in [0.15, 0.2) is 40.2 Å². The smallest absolute Gasteiger partial charge is 0.341 e. The molecule has 8 heteroatoms. The van der Waals surface area contributed by atoms with E-state index in [2.05, 4.69) is 9.98 Å². The van der Waals surface area contributed by atoms with Crippen LogP contribution in [0.2, 0.25) is 0 Å². The summed E-state index contributed by atoms with van der Waals surface area (Å²) in [6.07, 6.45) is 3.47. The first-order valence-electron chi connectivity index (χ1n) is 9.81. The summed E-state index contributed by atoms with van der Waals surface area (Å²) >= 11 is 0. The average molecular weight is 396 g/mol. The number of carbonyl (C=O) groups is 2. The molecule has 0 aliphatic carbocycles. The van der Waals surface area contributed by atoms with E-state index in [4.69, 9.17) is 4.74 Å². The van der Waals surface area contributed by atoms with Crippen molar-refractivity contribution in [2.75, 3.05) is 6.61 Å². The van der Waals surface area contributed by atoms with Crippen molar-refractivity contribution in [1.29, 1.82) is 0 Å². The normalized spacial score (nSPS) is 11.9. The maximum Gasteiger partial charge on any atom is 0.341 e. The van der Waals surface area contributed by atoms with E-state index in [1.807, 2.05) is 6.92 Å². The Kier molecular flexibility index (Phi) is 6.21. The van der Waals surface area contributed by atoms with Crippen LogP contribution in [0.3, 0.4) is 0 Å². The zero-order valence-electron chi connectivity index (χ0n) is 16.8. The van der Waals surface area contributed by atoms with Crippen LogP contribution >= 0.6 is 0 Å². The number of esters is 1. The number of fused-ring (bicyclic) bond motifs is 2. The third-order valence-electron chi connectivity index (χ3n) is 4.55. The molecule has 0 saturated heterocycles. The Labute approximate surface area is 167 Å². The van der Waals surface area contributed by atoms with Crippen molar-refractivity contribution in [2.24, 2.45) is 4.99 Å². The molecule has 8 nitrogen and oxygen atoms in total. The highest BCUT2D eigenvalue weighted by Crippen LogP contribution is 2.12. The number of hydrogen-bond acceptors (Lipinski definition) is 5. The van der Waals surface area contributed by atoms with Gasteiger partial charge in [0, 0.05) is 19.2 Å². The Bertz CT molecular complexity index is 1210. The first-order chi connectivity index (χ1) is 14.0. The molecule has 3 heterocycles. The molecule has 0 fully saturated rings. The second-order valence-electron chi connectivity index (χ2n) is 6.55. The first kappa shape index (κ1) is 20.4. The maximum atomic E-state index is 13.1. The quantitative estimate of drug-likeness (QED) is 0.471. The Morgan fingerprint density at radius 2 is 2.00 bits per heavy atom. The standard InChI is InChI=1S/C21H24N4O4/c1-4-7-11-25-18-14(20(27)24-12-9-8-10-16(24)22-18)13-15(21(28)29-6-3)19(25)23-17(26)5-2/h8-10,12-13H,4-7,11H2,1-3H3. The highest BCUT2D eigenvalue weighted by atomic mass is 16.5. The molecule has 29 heavy (non-hydrogen) atoms. The molecule has 0 aliphatic rings. The molecular formula is C21H24N4O4. The van der Waals surface area contributed by atoms with E-state index in [0.29, 0.717) is 17.8 Å². The molecule has 0 aromatic carbocycles. The monoisotopic (exact) mass is 396 g/mol.